The molecule has 0 rings (SSSR count). The highest BCUT2D eigenvalue weighted by Gasteiger charge is 2.08. The zero-order valence-corrected chi connectivity index (χ0v) is 6.34. The van der Waals surface area contributed by atoms with Gasteiger partial charge in [0.05, 0.1) is 6.04 Å². The fourth-order valence-corrected chi connectivity index (χ4v) is 0.603. The van der Waals surface area contributed by atoms with E-state index >= 15 is 0 Å². The minimum absolute atomic E-state index is 0.109. The molecule has 10 heavy (non-hydrogen) atoms. The molecular weight excluding hydrogens is 126 g/mol. The lowest BCUT2D eigenvalue weighted by Crippen LogP contribution is -2.35. The third-order valence-corrected chi connectivity index (χ3v) is 1.26. The molecule has 2 heteroatoms. The Kier molecular flexibility index (Phi) is 4.85. The quantitative estimate of drug-likeness (QED) is 0.452. The summed E-state index contributed by atoms with van der Waals surface area (Å²) < 4.78 is 0. The summed E-state index contributed by atoms with van der Waals surface area (Å²) in [6.45, 7) is 9.82. The van der Waals surface area contributed by atoms with Crippen LogP contribution in [0.1, 0.15) is 6.92 Å². The van der Waals surface area contributed by atoms with Crippen LogP contribution in [0.4, 0.5) is 0 Å². The second-order valence-corrected chi connectivity index (χ2v) is 2.34. The highest BCUT2D eigenvalue weighted by molar-refractivity contribution is 5.58. The van der Waals surface area contributed by atoms with Crippen molar-refractivity contribution in [1.29, 1.82) is 0 Å². The Balaban J connectivity index is 3.59. The lowest BCUT2D eigenvalue weighted by Gasteiger charge is -2.13. The minimum atomic E-state index is -0.141. The molecule has 2 atom stereocenters. The molecule has 0 aromatic carbocycles. The number of nitrogens with one attached hydrogen (secondary N) is 1. The molecule has 0 fully saturated rings. The van der Waals surface area contributed by atoms with Crippen LogP contribution in [0.2, 0.25) is 0 Å². The monoisotopic (exact) mass is 140 g/mol. The van der Waals surface area contributed by atoms with Crippen LogP contribution < -0.4 is 5.32 Å². The highest BCUT2D eigenvalue weighted by atomic mass is 16.1. The molecule has 0 aliphatic rings. The number of aldehydes is 1. The molecule has 0 spiro atoms. The van der Waals surface area contributed by atoms with Gasteiger partial charge < -0.3 is 10.1 Å². The summed E-state index contributed by atoms with van der Waals surface area (Å²) in [4.78, 5) is 10.3. The minimum Gasteiger partial charge on any atom is -0.304 e. The molecule has 0 aliphatic heterocycles. The molecule has 2 unspecified atom stereocenters. The first-order valence-electron chi connectivity index (χ1n) is 3.35. The van der Waals surface area contributed by atoms with Gasteiger partial charge in [0.15, 0.2) is 0 Å². The zero-order chi connectivity index (χ0) is 7.98. The first-order valence-corrected chi connectivity index (χ1v) is 3.35. The van der Waals surface area contributed by atoms with E-state index in [1.165, 1.54) is 0 Å². The Morgan fingerprint density at radius 1 is 1.70 bits per heavy atom. The Morgan fingerprint density at radius 2 is 2.30 bits per heavy atom. The molecule has 1 radical (unpaired) electrons. The van der Waals surface area contributed by atoms with E-state index < -0.39 is 0 Å². The molecule has 0 bridgehead atoms. The molecule has 0 heterocycles. The van der Waals surface area contributed by atoms with Crippen LogP contribution >= 0.6 is 0 Å². The Morgan fingerprint density at radius 3 is 2.60 bits per heavy atom. The Hall–Kier alpha value is -0.630. The van der Waals surface area contributed by atoms with Crippen molar-refractivity contribution >= 4 is 6.29 Å². The van der Waals surface area contributed by atoms with E-state index in [9.17, 15) is 4.79 Å². The first kappa shape index (κ1) is 9.37. The van der Waals surface area contributed by atoms with Crippen molar-refractivity contribution in [3.8, 4) is 0 Å². The molecule has 0 saturated carbocycles. The van der Waals surface area contributed by atoms with Crippen LogP contribution in [0, 0.1) is 12.8 Å². The van der Waals surface area contributed by atoms with Gasteiger partial charge >= 0.3 is 0 Å². The van der Waals surface area contributed by atoms with Gasteiger partial charge in [-0.05, 0) is 12.8 Å². The van der Waals surface area contributed by atoms with Crippen molar-refractivity contribution in [3.63, 3.8) is 0 Å². The Bertz CT molecular complexity index is 110. The fraction of sp³-hybridized carbons (Fsp3) is 0.500. The van der Waals surface area contributed by atoms with Gasteiger partial charge in [-0.15, -0.1) is 6.58 Å². The van der Waals surface area contributed by atoms with E-state index in [2.05, 4.69) is 18.8 Å². The second kappa shape index (κ2) is 5.18. The lowest BCUT2D eigenvalue weighted by molar-refractivity contribution is -0.110. The van der Waals surface area contributed by atoms with Crippen molar-refractivity contribution in [1.82, 2.24) is 5.32 Å². The number of rotatable bonds is 5. The van der Waals surface area contributed by atoms with Crippen LogP contribution in [0.3, 0.4) is 0 Å². The summed E-state index contributed by atoms with van der Waals surface area (Å²) in [6, 6.07) is -0.141. The SMILES string of the molecule is [CH2]C(C)C(C=O)NCC=C. The van der Waals surface area contributed by atoms with E-state index in [0.717, 1.165) is 6.29 Å². The number of hydrogen-bond acceptors (Lipinski definition) is 2. The molecular formula is C8H14NO. The van der Waals surface area contributed by atoms with Crippen molar-refractivity contribution < 1.29 is 4.79 Å². The maximum absolute atomic E-state index is 10.3. The van der Waals surface area contributed by atoms with Crippen molar-refractivity contribution in [2.75, 3.05) is 6.54 Å². The lowest BCUT2D eigenvalue weighted by atomic mass is 10.1. The number of carbonyl (C=O) groups is 1. The summed E-state index contributed by atoms with van der Waals surface area (Å²) in [5, 5.41) is 2.97. The van der Waals surface area contributed by atoms with Crippen molar-refractivity contribution in [2.45, 2.75) is 13.0 Å². The standard InChI is InChI=1S/C8H14NO/c1-4-5-9-8(6-10)7(2)3/h4,6-9H,1-2,5H2,3H3. The molecule has 0 aromatic heterocycles. The summed E-state index contributed by atoms with van der Waals surface area (Å²) >= 11 is 0. The van der Waals surface area contributed by atoms with Gasteiger partial charge in [0.1, 0.15) is 6.29 Å². The van der Waals surface area contributed by atoms with Crippen LogP contribution in [0.5, 0.6) is 0 Å². The summed E-state index contributed by atoms with van der Waals surface area (Å²) in [5.74, 6) is 0.109. The molecule has 2 nitrogen and oxygen atoms in total. The van der Waals surface area contributed by atoms with Crippen molar-refractivity contribution in [2.24, 2.45) is 5.92 Å². The molecule has 0 saturated heterocycles. The largest absolute Gasteiger partial charge is 0.304 e. The molecule has 1 N–H and O–H groups in total. The fourth-order valence-electron chi connectivity index (χ4n) is 0.603. The van der Waals surface area contributed by atoms with Gasteiger partial charge in [-0.1, -0.05) is 13.0 Å². The topological polar surface area (TPSA) is 29.1 Å². The van der Waals surface area contributed by atoms with E-state index in [1.807, 2.05) is 6.92 Å². The van der Waals surface area contributed by atoms with Crippen LogP contribution in [-0.4, -0.2) is 18.9 Å². The highest BCUT2D eigenvalue weighted by Crippen LogP contribution is 1.96. The third-order valence-electron chi connectivity index (χ3n) is 1.26. The smallest absolute Gasteiger partial charge is 0.137 e. The van der Waals surface area contributed by atoms with Crippen molar-refractivity contribution in [3.05, 3.63) is 19.6 Å². The van der Waals surface area contributed by atoms with Gasteiger partial charge in [0.25, 0.3) is 0 Å². The van der Waals surface area contributed by atoms with E-state index in [0.29, 0.717) is 6.54 Å². The predicted molar refractivity (Wildman–Crippen MR) is 42.6 cm³/mol. The summed E-state index contributed by atoms with van der Waals surface area (Å²) in [6.07, 6.45) is 2.60. The van der Waals surface area contributed by atoms with Gasteiger partial charge in [-0.2, -0.15) is 0 Å². The van der Waals surface area contributed by atoms with E-state index in [-0.39, 0.29) is 12.0 Å². The normalized spacial score (nSPS) is 13.1. The van der Waals surface area contributed by atoms with Gasteiger partial charge in [0.2, 0.25) is 0 Å². The maximum Gasteiger partial charge on any atom is 0.137 e. The molecule has 0 amide bonds. The van der Waals surface area contributed by atoms with Gasteiger partial charge in [-0.3, -0.25) is 0 Å². The zero-order valence-electron chi connectivity index (χ0n) is 6.34. The first-order chi connectivity index (χ1) is 4.72. The van der Waals surface area contributed by atoms with E-state index in [1.54, 1.807) is 6.08 Å². The summed E-state index contributed by atoms with van der Waals surface area (Å²) in [5.41, 5.74) is 0. The van der Waals surface area contributed by atoms with Gasteiger partial charge in [0, 0.05) is 6.54 Å². The number of hydrogen-bond donors (Lipinski definition) is 1. The van der Waals surface area contributed by atoms with E-state index in [4.69, 9.17) is 0 Å². The molecule has 57 valence electrons. The van der Waals surface area contributed by atoms with Gasteiger partial charge in [-0.25, -0.2) is 0 Å². The third kappa shape index (κ3) is 3.41. The summed E-state index contributed by atoms with van der Waals surface area (Å²) in [7, 11) is 0. The Labute approximate surface area is 62.3 Å². The maximum atomic E-state index is 10.3. The van der Waals surface area contributed by atoms with Crippen LogP contribution in [0.25, 0.3) is 0 Å². The van der Waals surface area contributed by atoms with Crippen LogP contribution in [-0.2, 0) is 4.79 Å². The molecule has 0 aromatic rings. The van der Waals surface area contributed by atoms with Crippen LogP contribution in [0.15, 0.2) is 12.7 Å². The average Bonchev–Trinajstić information content (AvgIpc) is 1.89. The average molecular weight is 140 g/mol. The second-order valence-electron chi connectivity index (χ2n) is 2.34. The predicted octanol–water partition coefficient (Wildman–Crippen LogP) is 0.800. The number of carbonyl (C=O) groups excluding carboxylic acids is 1. The molecule has 0 aliphatic carbocycles.